The third-order valence-electron chi connectivity index (χ3n) is 5.14. The van der Waals surface area contributed by atoms with Crippen LogP contribution in [0.3, 0.4) is 0 Å². The molecule has 3 heterocycles. The molecule has 1 aromatic carbocycles. The Morgan fingerprint density at radius 2 is 2.15 bits per heavy atom. The Balaban J connectivity index is 1.34. The number of amides is 1. The van der Waals surface area contributed by atoms with E-state index in [1.165, 1.54) is 6.39 Å². The predicted molar refractivity (Wildman–Crippen MR) is 94.6 cm³/mol. The number of nitrogens with zero attached hydrogens (tertiary/aromatic N) is 2. The van der Waals surface area contributed by atoms with Crippen LogP contribution in [0.2, 0.25) is 0 Å². The molecule has 2 aliphatic rings. The minimum Gasteiger partial charge on any atom is -0.444 e. The van der Waals surface area contributed by atoms with Crippen molar-refractivity contribution in [2.75, 3.05) is 26.3 Å². The standard InChI is InChI=1S/C19H23N3O4/c23-6-5-17-10-22-9-15(7-16(22)11-25-17)21-19(24)14-3-1-13(2-4-14)18-8-20-12-26-18/h1-4,8,12,15-17,23H,5-7,9-11H2,(H,21,24)/t15-,16-,17-/m0/s1. The van der Waals surface area contributed by atoms with Gasteiger partial charge >= 0.3 is 0 Å². The molecule has 2 saturated heterocycles. The number of aliphatic hydroxyl groups is 1. The molecule has 4 rings (SSSR count). The molecule has 26 heavy (non-hydrogen) atoms. The molecule has 0 bridgehead atoms. The summed E-state index contributed by atoms with van der Waals surface area (Å²) < 4.78 is 11.1. The van der Waals surface area contributed by atoms with Crippen molar-refractivity contribution >= 4 is 5.91 Å². The summed E-state index contributed by atoms with van der Waals surface area (Å²) in [6, 6.07) is 7.80. The van der Waals surface area contributed by atoms with E-state index in [9.17, 15) is 4.79 Å². The van der Waals surface area contributed by atoms with E-state index in [4.69, 9.17) is 14.3 Å². The molecule has 2 aromatic rings. The van der Waals surface area contributed by atoms with Gasteiger partial charge in [0.1, 0.15) is 0 Å². The van der Waals surface area contributed by atoms with Gasteiger partial charge in [0.25, 0.3) is 5.91 Å². The number of benzene rings is 1. The van der Waals surface area contributed by atoms with Gasteiger partial charge in [-0.25, -0.2) is 4.98 Å². The summed E-state index contributed by atoms with van der Waals surface area (Å²) in [6.07, 6.45) is 4.69. The van der Waals surface area contributed by atoms with Gasteiger partial charge in [0.15, 0.2) is 12.2 Å². The summed E-state index contributed by atoms with van der Waals surface area (Å²) >= 11 is 0. The first kappa shape index (κ1) is 17.2. The zero-order valence-corrected chi connectivity index (χ0v) is 14.5. The Labute approximate surface area is 152 Å². The van der Waals surface area contributed by atoms with E-state index in [1.54, 1.807) is 18.3 Å². The molecule has 2 N–H and O–H groups in total. The zero-order valence-electron chi connectivity index (χ0n) is 14.5. The second-order valence-corrected chi connectivity index (χ2v) is 6.92. The lowest BCUT2D eigenvalue weighted by atomic mass is 10.1. The third kappa shape index (κ3) is 3.65. The molecule has 1 amide bonds. The van der Waals surface area contributed by atoms with E-state index in [-0.39, 0.29) is 24.7 Å². The van der Waals surface area contributed by atoms with E-state index in [1.807, 2.05) is 12.1 Å². The first-order chi connectivity index (χ1) is 12.7. The number of carbonyl (C=O) groups is 1. The first-order valence-electron chi connectivity index (χ1n) is 8.99. The molecule has 1 aromatic heterocycles. The van der Waals surface area contributed by atoms with Crippen molar-refractivity contribution in [2.24, 2.45) is 0 Å². The van der Waals surface area contributed by atoms with E-state index < -0.39 is 0 Å². The number of aliphatic hydroxyl groups excluding tert-OH is 1. The average Bonchev–Trinajstić information content (AvgIpc) is 3.31. The quantitative estimate of drug-likeness (QED) is 0.839. The smallest absolute Gasteiger partial charge is 0.251 e. The van der Waals surface area contributed by atoms with Gasteiger partial charge in [-0.3, -0.25) is 9.69 Å². The summed E-state index contributed by atoms with van der Waals surface area (Å²) in [4.78, 5) is 18.8. The van der Waals surface area contributed by atoms with Gasteiger partial charge in [0, 0.05) is 42.9 Å². The zero-order chi connectivity index (χ0) is 17.9. The Bertz CT molecular complexity index is 732. The van der Waals surface area contributed by atoms with Crippen LogP contribution in [0.5, 0.6) is 0 Å². The number of hydrogen-bond donors (Lipinski definition) is 2. The van der Waals surface area contributed by atoms with Crippen LogP contribution in [0.1, 0.15) is 23.2 Å². The van der Waals surface area contributed by atoms with Crippen LogP contribution in [0.4, 0.5) is 0 Å². The van der Waals surface area contributed by atoms with Gasteiger partial charge in [0.05, 0.1) is 18.9 Å². The number of oxazole rings is 1. The van der Waals surface area contributed by atoms with Crippen LogP contribution in [0.15, 0.2) is 41.3 Å². The lowest BCUT2D eigenvalue weighted by Crippen LogP contribution is -2.46. The normalized spacial score (nSPS) is 25.8. The number of hydrogen-bond acceptors (Lipinski definition) is 6. The van der Waals surface area contributed by atoms with Crippen molar-refractivity contribution in [1.29, 1.82) is 0 Å². The van der Waals surface area contributed by atoms with Crippen LogP contribution in [0.25, 0.3) is 11.3 Å². The molecular weight excluding hydrogens is 334 g/mol. The van der Waals surface area contributed by atoms with E-state index in [0.717, 1.165) is 25.1 Å². The summed E-state index contributed by atoms with van der Waals surface area (Å²) in [5.74, 6) is 0.619. The summed E-state index contributed by atoms with van der Waals surface area (Å²) in [5, 5.41) is 12.2. The van der Waals surface area contributed by atoms with Gasteiger partial charge < -0.3 is 19.6 Å². The molecular formula is C19H23N3O4. The number of fused-ring (bicyclic) bond motifs is 1. The first-order valence-corrected chi connectivity index (χ1v) is 8.99. The molecule has 3 atom stereocenters. The largest absolute Gasteiger partial charge is 0.444 e. The highest BCUT2D eigenvalue weighted by atomic mass is 16.5. The monoisotopic (exact) mass is 357 g/mol. The molecule has 138 valence electrons. The van der Waals surface area contributed by atoms with Crippen molar-refractivity contribution < 1.29 is 19.1 Å². The SMILES string of the molecule is O=C(N[C@H]1C[C@H]2CO[C@@H](CCO)CN2C1)c1ccc(-c2cnco2)cc1. The molecule has 7 nitrogen and oxygen atoms in total. The van der Waals surface area contributed by atoms with Crippen LogP contribution < -0.4 is 5.32 Å². The summed E-state index contributed by atoms with van der Waals surface area (Å²) in [7, 11) is 0. The predicted octanol–water partition coefficient (Wildman–Crippen LogP) is 1.30. The molecule has 0 unspecified atom stereocenters. The molecule has 0 radical (unpaired) electrons. The Kier molecular flexibility index (Phi) is 5.01. The maximum atomic E-state index is 12.5. The van der Waals surface area contributed by atoms with Crippen LogP contribution in [-0.2, 0) is 4.74 Å². The molecule has 0 saturated carbocycles. The van der Waals surface area contributed by atoms with Gasteiger partial charge in [0.2, 0.25) is 0 Å². The lowest BCUT2D eigenvalue weighted by Gasteiger charge is -2.34. The Hall–Kier alpha value is -2.22. The summed E-state index contributed by atoms with van der Waals surface area (Å²) in [5.41, 5.74) is 1.52. The van der Waals surface area contributed by atoms with Gasteiger partial charge in [-0.05, 0) is 25.0 Å². The fourth-order valence-electron chi connectivity index (χ4n) is 3.78. The topological polar surface area (TPSA) is 87.8 Å². The third-order valence-corrected chi connectivity index (χ3v) is 5.14. The van der Waals surface area contributed by atoms with E-state index in [2.05, 4.69) is 15.2 Å². The molecule has 0 spiro atoms. The number of ether oxygens (including phenoxy) is 1. The van der Waals surface area contributed by atoms with Crippen LogP contribution >= 0.6 is 0 Å². The number of aromatic nitrogens is 1. The maximum absolute atomic E-state index is 12.5. The highest BCUT2D eigenvalue weighted by Gasteiger charge is 2.37. The number of morpholine rings is 1. The fraction of sp³-hybridized carbons (Fsp3) is 0.474. The Morgan fingerprint density at radius 1 is 1.31 bits per heavy atom. The highest BCUT2D eigenvalue weighted by Crippen LogP contribution is 2.25. The van der Waals surface area contributed by atoms with Crippen molar-refractivity contribution in [3.05, 3.63) is 42.4 Å². The molecule has 0 aliphatic carbocycles. The van der Waals surface area contributed by atoms with E-state index in [0.29, 0.717) is 30.4 Å². The minimum atomic E-state index is -0.0632. The molecule has 2 aliphatic heterocycles. The average molecular weight is 357 g/mol. The fourth-order valence-corrected chi connectivity index (χ4v) is 3.78. The Morgan fingerprint density at radius 3 is 2.88 bits per heavy atom. The summed E-state index contributed by atoms with van der Waals surface area (Å²) in [6.45, 7) is 2.47. The van der Waals surface area contributed by atoms with Gasteiger partial charge in [-0.15, -0.1) is 0 Å². The van der Waals surface area contributed by atoms with Crippen molar-refractivity contribution in [3.63, 3.8) is 0 Å². The van der Waals surface area contributed by atoms with Gasteiger partial charge in [-0.1, -0.05) is 12.1 Å². The lowest BCUT2D eigenvalue weighted by molar-refractivity contribution is -0.0566. The van der Waals surface area contributed by atoms with Crippen molar-refractivity contribution in [3.8, 4) is 11.3 Å². The van der Waals surface area contributed by atoms with Crippen molar-refractivity contribution in [2.45, 2.75) is 31.0 Å². The highest BCUT2D eigenvalue weighted by molar-refractivity contribution is 5.94. The number of carbonyl (C=O) groups excluding carboxylic acids is 1. The number of rotatable bonds is 5. The number of nitrogens with one attached hydrogen (secondary N) is 1. The van der Waals surface area contributed by atoms with Crippen LogP contribution in [0, 0.1) is 0 Å². The second kappa shape index (κ2) is 7.57. The van der Waals surface area contributed by atoms with Gasteiger partial charge in [-0.2, -0.15) is 0 Å². The molecule has 2 fully saturated rings. The van der Waals surface area contributed by atoms with Crippen molar-refractivity contribution in [1.82, 2.24) is 15.2 Å². The molecule has 7 heteroatoms. The van der Waals surface area contributed by atoms with E-state index >= 15 is 0 Å². The second-order valence-electron chi connectivity index (χ2n) is 6.92. The minimum absolute atomic E-state index is 0.0632. The maximum Gasteiger partial charge on any atom is 0.251 e. The van der Waals surface area contributed by atoms with Crippen LogP contribution in [-0.4, -0.2) is 65.4 Å².